The molecule has 0 spiro atoms. The molecule has 0 aliphatic carbocycles. The number of nitrogens with zero attached hydrogens (tertiary/aromatic N) is 1. The van der Waals surface area contributed by atoms with Gasteiger partial charge in [0.05, 0.1) is 32.0 Å². The summed E-state index contributed by atoms with van der Waals surface area (Å²) in [6.07, 6.45) is 1.41. The van der Waals surface area contributed by atoms with Crippen LogP contribution in [0.25, 0.3) is 0 Å². The van der Waals surface area contributed by atoms with Gasteiger partial charge in [0, 0.05) is 0 Å². The first-order chi connectivity index (χ1) is 14.5. The summed E-state index contributed by atoms with van der Waals surface area (Å²) in [6.45, 7) is 1.55. The van der Waals surface area contributed by atoms with Crippen molar-refractivity contribution >= 4 is 24.0 Å². The van der Waals surface area contributed by atoms with Gasteiger partial charge in [0.2, 0.25) is 0 Å². The lowest BCUT2D eigenvalue weighted by Gasteiger charge is -2.08. The lowest BCUT2D eigenvalue weighted by Crippen LogP contribution is -2.35. The summed E-state index contributed by atoms with van der Waals surface area (Å²) in [5.41, 5.74) is 3.30. The number of para-hydroxylation sites is 1. The van der Waals surface area contributed by atoms with Gasteiger partial charge in [-0.2, -0.15) is 5.10 Å². The summed E-state index contributed by atoms with van der Waals surface area (Å²) in [5.74, 6) is -0.512. The summed E-state index contributed by atoms with van der Waals surface area (Å²) < 4.78 is 15.2. The zero-order valence-electron chi connectivity index (χ0n) is 16.7. The Hall–Kier alpha value is -3.88. The molecule has 2 amide bonds. The van der Waals surface area contributed by atoms with Gasteiger partial charge in [-0.05, 0) is 36.8 Å². The number of amides is 2. The fourth-order valence-corrected chi connectivity index (χ4v) is 2.34. The van der Waals surface area contributed by atoms with E-state index in [1.54, 1.807) is 55.5 Å². The van der Waals surface area contributed by atoms with E-state index in [0.717, 1.165) is 0 Å². The van der Waals surface area contributed by atoms with Crippen LogP contribution in [0.3, 0.4) is 0 Å². The molecule has 0 aliphatic rings. The highest BCUT2D eigenvalue weighted by atomic mass is 16.6. The second-order valence-electron chi connectivity index (χ2n) is 5.84. The number of carbonyl (C=O) groups excluding carboxylic acids is 3. The number of nitrogens with one attached hydrogen (secondary N) is 2. The Morgan fingerprint density at radius 2 is 1.90 bits per heavy atom. The van der Waals surface area contributed by atoms with Crippen LogP contribution in [-0.4, -0.2) is 50.9 Å². The molecule has 0 aliphatic heterocycles. The quantitative estimate of drug-likeness (QED) is 0.347. The van der Waals surface area contributed by atoms with E-state index in [1.807, 2.05) is 0 Å². The number of hydrogen-bond acceptors (Lipinski definition) is 7. The van der Waals surface area contributed by atoms with Gasteiger partial charge in [-0.3, -0.25) is 9.59 Å². The summed E-state index contributed by atoms with van der Waals surface area (Å²) in [4.78, 5) is 35.4. The Morgan fingerprint density at radius 1 is 1.10 bits per heavy atom. The summed E-state index contributed by atoms with van der Waals surface area (Å²) in [5, 5.41) is 6.34. The van der Waals surface area contributed by atoms with E-state index in [2.05, 4.69) is 15.8 Å². The Morgan fingerprint density at radius 3 is 2.67 bits per heavy atom. The van der Waals surface area contributed by atoms with Gasteiger partial charge in [-0.1, -0.05) is 24.3 Å². The van der Waals surface area contributed by atoms with E-state index in [4.69, 9.17) is 14.2 Å². The molecule has 0 bridgehead atoms. The second-order valence-corrected chi connectivity index (χ2v) is 5.84. The molecule has 158 valence electrons. The summed E-state index contributed by atoms with van der Waals surface area (Å²) in [7, 11) is 1.46. The summed E-state index contributed by atoms with van der Waals surface area (Å²) in [6, 6.07) is 13.5. The minimum Gasteiger partial charge on any atom is -0.496 e. The van der Waals surface area contributed by atoms with Crippen molar-refractivity contribution in [2.45, 2.75) is 6.92 Å². The Labute approximate surface area is 174 Å². The molecule has 0 saturated heterocycles. The molecule has 9 nitrogen and oxygen atoms in total. The van der Waals surface area contributed by atoms with Gasteiger partial charge < -0.3 is 19.5 Å². The molecular weight excluding hydrogens is 390 g/mol. The number of rotatable bonds is 10. The van der Waals surface area contributed by atoms with Crippen LogP contribution in [0.1, 0.15) is 22.8 Å². The number of methoxy groups -OCH3 is 1. The molecule has 0 unspecified atom stereocenters. The molecule has 9 heteroatoms. The highest BCUT2D eigenvalue weighted by Gasteiger charge is 2.12. The lowest BCUT2D eigenvalue weighted by molar-refractivity contribution is -0.145. The summed E-state index contributed by atoms with van der Waals surface area (Å²) >= 11 is 0. The lowest BCUT2D eigenvalue weighted by atomic mass is 10.2. The van der Waals surface area contributed by atoms with Crippen LogP contribution in [-0.2, 0) is 14.3 Å². The molecule has 2 N–H and O–H groups in total. The molecule has 2 aromatic carbocycles. The van der Waals surface area contributed by atoms with Crippen LogP contribution in [0, 0.1) is 0 Å². The predicted octanol–water partition coefficient (Wildman–Crippen LogP) is 1.52. The Kier molecular flexibility index (Phi) is 8.85. The van der Waals surface area contributed by atoms with Crippen LogP contribution in [0.15, 0.2) is 53.6 Å². The number of carbonyl (C=O) groups is 3. The molecule has 0 aromatic heterocycles. The van der Waals surface area contributed by atoms with Gasteiger partial charge in [-0.25, -0.2) is 10.2 Å². The maximum Gasteiger partial charge on any atom is 0.344 e. The predicted molar refractivity (Wildman–Crippen MR) is 110 cm³/mol. The van der Waals surface area contributed by atoms with Crippen molar-refractivity contribution in [2.75, 3.05) is 26.9 Å². The number of esters is 1. The largest absolute Gasteiger partial charge is 0.496 e. The Bertz CT molecular complexity index is 913. The fourth-order valence-electron chi connectivity index (χ4n) is 2.34. The first-order valence-electron chi connectivity index (χ1n) is 9.15. The van der Waals surface area contributed by atoms with Gasteiger partial charge in [0.25, 0.3) is 11.8 Å². The SMILES string of the molecule is CCOC(=O)COc1cccc(C=NNC(=O)CNC(=O)c2ccccc2OC)c1. The van der Waals surface area contributed by atoms with Crippen molar-refractivity contribution in [3.8, 4) is 11.5 Å². The third-order valence-corrected chi connectivity index (χ3v) is 3.68. The normalized spacial score (nSPS) is 10.3. The maximum atomic E-state index is 12.2. The van der Waals surface area contributed by atoms with Crippen molar-refractivity contribution in [2.24, 2.45) is 5.10 Å². The third-order valence-electron chi connectivity index (χ3n) is 3.68. The van der Waals surface area contributed by atoms with Crippen LogP contribution >= 0.6 is 0 Å². The highest BCUT2D eigenvalue weighted by Crippen LogP contribution is 2.16. The highest BCUT2D eigenvalue weighted by molar-refractivity contribution is 5.98. The Balaban J connectivity index is 1.81. The molecule has 0 heterocycles. The van der Waals surface area contributed by atoms with Gasteiger partial charge in [0.1, 0.15) is 11.5 Å². The van der Waals surface area contributed by atoms with E-state index in [-0.39, 0.29) is 19.8 Å². The van der Waals surface area contributed by atoms with Crippen LogP contribution in [0.5, 0.6) is 11.5 Å². The molecule has 0 saturated carbocycles. The average Bonchev–Trinajstić information content (AvgIpc) is 2.76. The van der Waals surface area contributed by atoms with Crippen LogP contribution in [0.4, 0.5) is 0 Å². The monoisotopic (exact) mass is 413 g/mol. The van der Waals surface area contributed by atoms with Crippen molar-refractivity contribution in [3.05, 3.63) is 59.7 Å². The molecule has 0 atom stereocenters. The standard InChI is InChI=1S/C21H23N3O6/c1-3-29-20(26)14-30-16-8-6-7-15(11-16)12-23-24-19(25)13-22-21(27)17-9-4-5-10-18(17)28-2/h4-12H,3,13-14H2,1-2H3,(H,22,27)(H,24,25). The van der Waals surface area contributed by atoms with E-state index in [0.29, 0.717) is 22.6 Å². The molecule has 30 heavy (non-hydrogen) atoms. The molecular formula is C21H23N3O6. The first-order valence-corrected chi connectivity index (χ1v) is 9.15. The minimum atomic E-state index is -0.496. The topological polar surface area (TPSA) is 115 Å². The molecule has 0 radical (unpaired) electrons. The minimum absolute atomic E-state index is 0.197. The molecule has 0 fully saturated rings. The van der Waals surface area contributed by atoms with E-state index >= 15 is 0 Å². The van der Waals surface area contributed by atoms with Gasteiger partial charge in [-0.15, -0.1) is 0 Å². The van der Waals surface area contributed by atoms with E-state index in [9.17, 15) is 14.4 Å². The number of hydrazone groups is 1. The maximum absolute atomic E-state index is 12.2. The molecule has 2 aromatic rings. The van der Waals surface area contributed by atoms with Crippen molar-refractivity contribution in [1.29, 1.82) is 0 Å². The van der Waals surface area contributed by atoms with E-state index < -0.39 is 17.8 Å². The third kappa shape index (κ3) is 7.27. The average molecular weight is 413 g/mol. The first kappa shape index (κ1) is 22.4. The van der Waals surface area contributed by atoms with Crippen molar-refractivity contribution in [3.63, 3.8) is 0 Å². The fraction of sp³-hybridized carbons (Fsp3) is 0.238. The van der Waals surface area contributed by atoms with Crippen LogP contribution in [0.2, 0.25) is 0 Å². The van der Waals surface area contributed by atoms with Crippen LogP contribution < -0.4 is 20.2 Å². The van der Waals surface area contributed by atoms with E-state index in [1.165, 1.54) is 13.3 Å². The zero-order chi connectivity index (χ0) is 21.8. The number of ether oxygens (including phenoxy) is 3. The second kappa shape index (κ2) is 11.8. The van der Waals surface area contributed by atoms with Gasteiger partial charge in [0.15, 0.2) is 6.61 Å². The number of hydrogen-bond donors (Lipinski definition) is 2. The number of benzene rings is 2. The smallest absolute Gasteiger partial charge is 0.344 e. The zero-order valence-corrected chi connectivity index (χ0v) is 16.7. The van der Waals surface area contributed by atoms with Crippen molar-refractivity contribution in [1.82, 2.24) is 10.7 Å². The molecule has 2 rings (SSSR count). The van der Waals surface area contributed by atoms with Crippen molar-refractivity contribution < 1.29 is 28.6 Å². The van der Waals surface area contributed by atoms with Gasteiger partial charge >= 0.3 is 5.97 Å².